The number of amides is 1. The van der Waals surface area contributed by atoms with Gasteiger partial charge in [0.25, 0.3) is 0 Å². The second-order valence-corrected chi connectivity index (χ2v) is 5.83. The lowest BCUT2D eigenvalue weighted by Crippen LogP contribution is -2.22. The number of ether oxygens (including phenoxy) is 1. The molecule has 0 radical (unpaired) electrons. The number of benzene rings is 2. The Morgan fingerprint density at radius 2 is 1.93 bits per heavy atom. The van der Waals surface area contributed by atoms with Crippen molar-refractivity contribution in [3.8, 4) is 0 Å². The molecule has 0 bridgehead atoms. The fraction of sp³-hybridized carbons (Fsp3) is 0.316. The Kier molecular flexibility index (Phi) is 6.55. The SMILES string of the molecule is CCOC(=O)Nc1ccc(N(CC)Cc2cccc(C(F)(F)F)c2)cc1N. The van der Waals surface area contributed by atoms with Crippen molar-refractivity contribution in [3.05, 3.63) is 53.6 Å². The van der Waals surface area contributed by atoms with E-state index in [9.17, 15) is 18.0 Å². The highest BCUT2D eigenvalue weighted by molar-refractivity contribution is 5.89. The lowest BCUT2D eigenvalue weighted by atomic mass is 10.1. The number of rotatable bonds is 6. The topological polar surface area (TPSA) is 67.6 Å². The molecule has 3 N–H and O–H groups in total. The van der Waals surface area contributed by atoms with E-state index in [1.54, 1.807) is 31.2 Å². The summed E-state index contributed by atoms with van der Waals surface area (Å²) < 4.78 is 43.5. The van der Waals surface area contributed by atoms with Gasteiger partial charge in [-0.3, -0.25) is 5.32 Å². The van der Waals surface area contributed by atoms with Gasteiger partial charge in [0.2, 0.25) is 0 Å². The molecule has 5 nitrogen and oxygen atoms in total. The zero-order valence-electron chi connectivity index (χ0n) is 15.1. The zero-order valence-corrected chi connectivity index (χ0v) is 15.1. The molecule has 0 saturated carbocycles. The monoisotopic (exact) mass is 381 g/mol. The van der Waals surface area contributed by atoms with Crippen LogP contribution in [0.3, 0.4) is 0 Å². The molecular formula is C19H22F3N3O2. The minimum absolute atomic E-state index is 0.240. The number of nitrogens with zero attached hydrogens (tertiary/aromatic N) is 1. The van der Waals surface area contributed by atoms with Crippen LogP contribution in [0.4, 0.5) is 35.0 Å². The van der Waals surface area contributed by atoms with Gasteiger partial charge in [0.15, 0.2) is 0 Å². The number of nitrogen functional groups attached to an aromatic ring is 1. The van der Waals surface area contributed by atoms with Crippen molar-refractivity contribution in [1.82, 2.24) is 0 Å². The molecular weight excluding hydrogens is 359 g/mol. The molecule has 0 atom stereocenters. The molecule has 0 aromatic heterocycles. The normalized spacial score (nSPS) is 11.1. The molecule has 0 heterocycles. The van der Waals surface area contributed by atoms with Crippen molar-refractivity contribution in [3.63, 3.8) is 0 Å². The fourth-order valence-electron chi connectivity index (χ4n) is 2.59. The van der Waals surface area contributed by atoms with Gasteiger partial charge in [-0.2, -0.15) is 13.2 Å². The fourth-order valence-corrected chi connectivity index (χ4v) is 2.59. The standard InChI is InChI=1S/C19H22F3N3O2/c1-3-25(12-13-6-5-7-14(10-13)19(20,21)22)15-8-9-17(16(23)11-15)24-18(26)27-4-2/h5-11H,3-4,12,23H2,1-2H3,(H,24,26). The van der Waals surface area contributed by atoms with Gasteiger partial charge in [0, 0.05) is 18.8 Å². The zero-order chi connectivity index (χ0) is 20.0. The average molecular weight is 381 g/mol. The maximum atomic E-state index is 12.9. The number of carbonyl (C=O) groups excluding carboxylic acids is 1. The summed E-state index contributed by atoms with van der Waals surface area (Å²) in [6, 6.07) is 10.3. The molecule has 0 fully saturated rings. The number of carbonyl (C=O) groups is 1. The van der Waals surface area contributed by atoms with Crippen molar-refractivity contribution < 1.29 is 22.7 Å². The van der Waals surface area contributed by atoms with E-state index in [1.807, 2.05) is 11.8 Å². The van der Waals surface area contributed by atoms with Crippen LogP contribution in [0.25, 0.3) is 0 Å². The van der Waals surface area contributed by atoms with Crippen LogP contribution in [-0.2, 0) is 17.5 Å². The first-order valence-corrected chi connectivity index (χ1v) is 8.49. The van der Waals surface area contributed by atoms with E-state index in [-0.39, 0.29) is 6.61 Å². The highest BCUT2D eigenvalue weighted by atomic mass is 19.4. The van der Waals surface area contributed by atoms with Gasteiger partial charge in [-0.25, -0.2) is 4.79 Å². The number of halogens is 3. The quantitative estimate of drug-likeness (QED) is 0.700. The molecule has 0 unspecified atom stereocenters. The summed E-state index contributed by atoms with van der Waals surface area (Å²) >= 11 is 0. The molecule has 0 aliphatic rings. The van der Waals surface area contributed by atoms with E-state index in [0.717, 1.165) is 17.8 Å². The summed E-state index contributed by atoms with van der Waals surface area (Å²) in [5.41, 5.74) is 7.34. The van der Waals surface area contributed by atoms with Gasteiger partial charge in [-0.1, -0.05) is 12.1 Å². The molecule has 0 aliphatic carbocycles. The minimum Gasteiger partial charge on any atom is -0.450 e. The van der Waals surface area contributed by atoms with Gasteiger partial charge in [-0.15, -0.1) is 0 Å². The molecule has 2 aromatic carbocycles. The molecule has 146 valence electrons. The highest BCUT2D eigenvalue weighted by Crippen LogP contribution is 2.31. The molecule has 0 spiro atoms. The number of anilines is 3. The van der Waals surface area contributed by atoms with Gasteiger partial charge in [0.05, 0.1) is 23.5 Å². The number of nitrogens with one attached hydrogen (secondary N) is 1. The van der Waals surface area contributed by atoms with Crippen LogP contribution in [0.1, 0.15) is 25.0 Å². The average Bonchev–Trinajstić information content (AvgIpc) is 2.61. The molecule has 2 aromatic rings. The second-order valence-electron chi connectivity index (χ2n) is 5.83. The maximum absolute atomic E-state index is 12.9. The highest BCUT2D eigenvalue weighted by Gasteiger charge is 2.30. The van der Waals surface area contributed by atoms with Gasteiger partial charge >= 0.3 is 12.3 Å². The van der Waals surface area contributed by atoms with Crippen LogP contribution in [0.2, 0.25) is 0 Å². The smallest absolute Gasteiger partial charge is 0.416 e. The van der Waals surface area contributed by atoms with Crippen molar-refractivity contribution in [2.24, 2.45) is 0 Å². The second kappa shape index (κ2) is 8.66. The molecule has 8 heteroatoms. The van der Waals surface area contributed by atoms with E-state index < -0.39 is 17.8 Å². The Balaban J connectivity index is 2.18. The first-order valence-electron chi connectivity index (χ1n) is 8.49. The first kappa shape index (κ1) is 20.4. The third-order valence-corrected chi connectivity index (χ3v) is 3.92. The summed E-state index contributed by atoms with van der Waals surface area (Å²) in [6.07, 6.45) is -4.98. The van der Waals surface area contributed by atoms with Crippen molar-refractivity contribution in [1.29, 1.82) is 0 Å². The van der Waals surface area contributed by atoms with Crippen molar-refractivity contribution in [2.75, 3.05) is 29.1 Å². The van der Waals surface area contributed by atoms with Crippen molar-refractivity contribution >= 4 is 23.2 Å². The van der Waals surface area contributed by atoms with Crippen LogP contribution in [0.15, 0.2) is 42.5 Å². The first-order chi connectivity index (χ1) is 12.7. The van der Waals surface area contributed by atoms with E-state index in [4.69, 9.17) is 10.5 Å². The van der Waals surface area contributed by atoms with Crippen LogP contribution >= 0.6 is 0 Å². The predicted octanol–water partition coefficient (Wildman–Crippen LogP) is 4.88. The van der Waals surface area contributed by atoms with Crippen LogP contribution in [-0.4, -0.2) is 19.2 Å². The molecule has 2 rings (SSSR count). The van der Waals surface area contributed by atoms with E-state index in [1.165, 1.54) is 6.07 Å². The number of nitrogens with two attached hydrogens (primary N) is 1. The van der Waals surface area contributed by atoms with Gasteiger partial charge < -0.3 is 15.4 Å². The van der Waals surface area contributed by atoms with Crippen LogP contribution in [0, 0.1) is 0 Å². The molecule has 27 heavy (non-hydrogen) atoms. The Morgan fingerprint density at radius 3 is 2.52 bits per heavy atom. The Hall–Kier alpha value is -2.90. The van der Waals surface area contributed by atoms with Crippen molar-refractivity contribution in [2.45, 2.75) is 26.6 Å². The minimum atomic E-state index is -4.38. The van der Waals surface area contributed by atoms with Gasteiger partial charge in [0.1, 0.15) is 0 Å². The van der Waals surface area contributed by atoms with E-state index in [0.29, 0.717) is 30.0 Å². The summed E-state index contributed by atoms with van der Waals surface area (Å²) in [4.78, 5) is 13.4. The summed E-state index contributed by atoms with van der Waals surface area (Å²) in [6.45, 7) is 4.70. The number of hydrogen-bond acceptors (Lipinski definition) is 4. The Labute approximate surface area is 155 Å². The third-order valence-electron chi connectivity index (χ3n) is 3.92. The van der Waals surface area contributed by atoms with Gasteiger partial charge in [-0.05, 0) is 49.7 Å². The molecule has 0 saturated heterocycles. The maximum Gasteiger partial charge on any atom is 0.416 e. The predicted molar refractivity (Wildman–Crippen MR) is 99.7 cm³/mol. The molecule has 1 amide bonds. The van der Waals surface area contributed by atoms with E-state index >= 15 is 0 Å². The number of alkyl halides is 3. The Morgan fingerprint density at radius 1 is 1.19 bits per heavy atom. The summed E-state index contributed by atoms with van der Waals surface area (Å²) in [7, 11) is 0. The molecule has 0 aliphatic heterocycles. The third kappa shape index (κ3) is 5.54. The van der Waals surface area contributed by atoms with Crippen LogP contribution in [0.5, 0.6) is 0 Å². The van der Waals surface area contributed by atoms with E-state index in [2.05, 4.69) is 5.32 Å². The summed E-state index contributed by atoms with van der Waals surface area (Å²) in [5.74, 6) is 0. The lowest BCUT2D eigenvalue weighted by Gasteiger charge is -2.24. The Bertz CT molecular complexity index is 794. The largest absolute Gasteiger partial charge is 0.450 e. The lowest BCUT2D eigenvalue weighted by molar-refractivity contribution is -0.137. The number of hydrogen-bond donors (Lipinski definition) is 2. The summed E-state index contributed by atoms with van der Waals surface area (Å²) in [5, 5.41) is 2.54. The van der Waals surface area contributed by atoms with Crippen LogP contribution < -0.4 is 16.0 Å².